The molecular formula is C17H21ClN2S. The van der Waals surface area contributed by atoms with E-state index >= 15 is 0 Å². The Kier molecular flexibility index (Phi) is 4.63. The number of hydrogen-bond donors (Lipinski definition) is 0. The molecule has 21 heavy (non-hydrogen) atoms. The standard InChI is InChI=1S/C17H21ClN2S/c1-19(2)10-5-11-20-14-6-3-4-7-16(14)21-17-9-8-13(18)12-15(17)20/h6-9,12H,3-5,10-11H2,1-2H3. The molecule has 1 aliphatic carbocycles. The van der Waals surface area contributed by atoms with Gasteiger partial charge in [0.25, 0.3) is 0 Å². The molecule has 0 saturated heterocycles. The van der Waals surface area contributed by atoms with Crippen molar-refractivity contribution in [2.45, 2.75) is 24.2 Å². The topological polar surface area (TPSA) is 6.48 Å². The quantitative estimate of drug-likeness (QED) is 0.789. The molecule has 2 aliphatic rings. The van der Waals surface area contributed by atoms with Crippen LogP contribution in [0.2, 0.25) is 5.02 Å². The highest BCUT2D eigenvalue weighted by Gasteiger charge is 2.26. The van der Waals surface area contributed by atoms with Crippen LogP contribution < -0.4 is 4.90 Å². The van der Waals surface area contributed by atoms with E-state index in [4.69, 9.17) is 11.6 Å². The summed E-state index contributed by atoms with van der Waals surface area (Å²) in [5, 5.41) is 0.816. The summed E-state index contributed by atoms with van der Waals surface area (Å²) < 4.78 is 0. The van der Waals surface area contributed by atoms with E-state index in [1.54, 1.807) is 0 Å². The molecule has 0 aromatic heterocycles. The number of anilines is 1. The molecule has 0 amide bonds. The molecule has 3 rings (SSSR count). The Morgan fingerprint density at radius 3 is 2.86 bits per heavy atom. The van der Waals surface area contributed by atoms with Gasteiger partial charge in [0.2, 0.25) is 0 Å². The molecule has 1 aliphatic heterocycles. The van der Waals surface area contributed by atoms with Crippen LogP contribution >= 0.6 is 23.4 Å². The Morgan fingerprint density at radius 1 is 1.24 bits per heavy atom. The predicted octanol–water partition coefficient (Wildman–Crippen LogP) is 4.77. The number of rotatable bonds is 4. The summed E-state index contributed by atoms with van der Waals surface area (Å²) in [5.74, 6) is 0. The van der Waals surface area contributed by atoms with E-state index in [9.17, 15) is 0 Å². The fraction of sp³-hybridized carbons (Fsp3) is 0.412. The molecule has 0 radical (unpaired) electrons. The first-order valence-electron chi connectivity index (χ1n) is 7.45. The zero-order valence-corrected chi connectivity index (χ0v) is 14.2. The minimum Gasteiger partial charge on any atom is -0.340 e. The van der Waals surface area contributed by atoms with E-state index in [2.05, 4.69) is 48.2 Å². The number of benzene rings is 1. The van der Waals surface area contributed by atoms with Crippen molar-refractivity contribution in [3.63, 3.8) is 0 Å². The second kappa shape index (κ2) is 6.47. The maximum Gasteiger partial charge on any atom is 0.0567 e. The molecule has 1 aromatic carbocycles. The molecule has 1 heterocycles. The largest absolute Gasteiger partial charge is 0.340 e. The number of thioether (sulfide) groups is 1. The number of allylic oxidation sites excluding steroid dienone is 2. The van der Waals surface area contributed by atoms with Gasteiger partial charge in [-0.1, -0.05) is 35.5 Å². The highest BCUT2D eigenvalue weighted by atomic mass is 35.5. The van der Waals surface area contributed by atoms with E-state index in [-0.39, 0.29) is 0 Å². The molecule has 0 fully saturated rings. The summed E-state index contributed by atoms with van der Waals surface area (Å²) in [6.07, 6.45) is 8.19. The number of hydrogen-bond acceptors (Lipinski definition) is 3. The Hall–Kier alpha value is -0.900. The van der Waals surface area contributed by atoms with Gasteiger partial charge in [0.15, 0.2) is 0 Å². The van der Waals surface area contributed by atoms with Crippen LogP contribution in [0.1, 0.15) is 19.3 Å². The maximum atomic E-state index is 6.22. The van der Waals surface area contributed by atoms with Gasteiger partial charge in [0.1, 0.15) is 0 Å². The van der Waals surface area contributed by atoms with Gasteiger partial charge in [-0.2, -0.15) is 0 Å². The number of fused-ring (bicyclic) bond motifs is 2. The van der Waals surface area contributed by atoms with E-state index in [0.717, 1.165) is 37.4 Å². The van der Waals surface area contributed by atoms with E-state index in [1.165, 1.54) is 21.2 Å². The molecule has 0 saturated carbocycles. The van der Waals surface area contributed by atoms with Crippen molar-refractivity contribution in [2.75, 3.05) is 32.1 Å². The number of halogens is 1. The summed E-state index contributed by atoms with van der Waals surface area (Å²) in [6.45, 7) is 2.14. The molecular weight excluding hydrogens is 300 g/mol. The summed E-state index contributed by atoms with van der Waals surface area (Å²) in [6, 6.07) is 6.24. The second-order valence-corrected chi connectivity index (χ2v) is 7.28. The van der Waals surface area contributed by atoms with Crippen molar-refractivity contribution in [3.8, 4) is 0 Å². The molecule has 0 unspecified atom stereocenters. The average molecular weight is 321 g/mol. The molecule has 0 atom stereocenters. The van der Waals surface area contributed by atoms with Gasteiger partial charge >= 0.3 is 0 Å². The van der Waals surface area contributed by atoms with Crippen molar-refractivity contribution in [1.82, 2.24) is 4.90 Å². The van der Waals surface area contributed by atoms with Crippen molar-refractivity contribution in [2.24, 2.45) is 0 Å². The zero-order valence-electron chi connectivity index (χ0n) is 12.6. The van der Waals surface area contributed by atoms with Crippen LogP contribution in [0.4, 0.5) is 5.69 Å². The van der Waals surface area contributed by atoms with Gasteiger partial charge < -0.3 is 9.80 Å². The van der Waals surface area contributed by atoms with Crippen LogP contribution in [0, 0.1) is 0 Å². The molecule has 2 nitrogen and oxygen atoms in total. The SMILES string of the molecule is CN(C)CCCN1C2=CCCC=C2Sc2ccc(Cl)cc21. The lowest BCUT2D eigenvalue weighted by Gasteiger charge is -2.36. The third-order valence-corrected chi connectivity index (χ3v) is 5.19. The highest BCUT2D eigenvalue weighted by Crippen LogP contribution is 2.48. The summed E-state index contributed by atoms with van der Waals surface area (Å²) >= 11 is 8.10. The van der Waals surface area contributed by atoms with Crippen LogP contribution in [0.25, 0.3) is 0 Å². The first-order valence-corrected chi connectivity index (χ1v) is 8.65. The molecule has 0 spiro atoms. The van der Waals surface area contributed by atoms with Gasteiger partial charge in [-0.05, 0) is 58.1 Å². The summed E-state index contributed by atoms with van der Waals surface area (Å²) in [7, 11) is 4.25. The van der Waals surface area contributed by atoms with Crippen LogP contribution in [-0.2, 0) is 0 Å². The second-order valence-electron chi connectivity index (χ2n) is 5.76. The van der Waals surface area contributed by atoms with Gasteiger partial charge in [-0.15, -0.1) is 0 Å². The summed E-state index contributed by atoms with van der Waals surface area (Å²) in [5.41, 5.74) is 2.64. The Bertz CT molecular complexity index is 592. The van der Waals surface area contributed by atoms with Crippen molar-refractivity contribution < 1.29 is 0 Å². The predicted molar refractivity (Wildman–Crippen MR) is 93.2 cm³/mol. The molecule has 1 aromatic rings. The maximum absolute atomic E-state index is 6.22. The Balaban J connectivity index is 1.91. The van der Waals surface area contributed by atoms with Gasteiger partial charge in [0, 0.05) is 21.4 Å². The first kappa shape index (κ1) is 15.0. The highest BCUT2D eigenvalue weighted by molar-refractivity contribution is 8.03. The fourth-order valence-corrected chi connectivity index (χ4v) is 4.11. The summed E-state index contributed by atoms with van der Waals surface area (Å²) in [4.78, 5) is 7.41. The van der Waals surface area contributed by atoms with Crippen LogP contribution in [0.15, 0.2) is 45.8 Å². The van der Waals surface area contributed by atoms with Gasteiger partial charge in [-0.3, -0.25) is 0 Å². The van der Waals surface area contributed by atoms with Crippen LogP contribution in [-0.4, -0.2) is 32.1 Å². The van der Waals surface area contributed by atoms with Crippen LogP contribution in [0.3, 0.4) is 0 Å². The minimum atomic E-state index is 0.816. The fourth-order valence-electron chi connectivity index (χ4n) is 2.80. The first-order chi connectivity index (χ1) is 10.1. The molecule has 112 valence electrons. The van der Waals surface area contributed by atoms with E-state index < -0.39 is 0 Å². The van der Waals surface area contributed by atoms with E-state index in [0.29, 0.717) is 0 Å². The van der Waals surface area contributed by atoms with Crippen molar-refractivity contribution >= 4 is 29.1 Å². The lowest BCUT2D eigenvalue weighted by molar-refractivity contribution is 0.402. The minimum absolute atomic E-state index is 0.816. The van der Waals surface area contributed by atoms with Crippen molar-refractivity contribution in [1.29, 1.82) is 0 Å². The van der Waals surface area contributed by atoms with Crippen LogP contribution in [0.5, 0.6) is 0 Å². The number of nitrogens with zero attached hydrogens (tertiary/aromatic N) is 2. The third-order valence-electron chi connectivity index (χ3n) is 3.80. The van der Waals surface area contributed by atoms with E-state index in [1.807, 2.05) is 17.8 Å². The molecule has 4 heteroatoms. The smallest absolute Gasteiger partial charge is 0.0567 e. The normalized spacial score (nSPS) is 17.2. The lowest BCUT2D eigenvalue weighted by atomic mass is 10.1. The average Bonchev–Trinajstić information content (AvgIpc) is 2.46. The monoisotopic (exact) mass is 320 g/mol. The zero-order chi connectivity index (χ0) is 14.8. The Labute approximate surface area is 136 Å². The molecule has 0 bridgehead atoms. The third kappa shape index (κ3) is 3.31. The lowest BCUT2D eigenvalue weighted by Crippen LogP contribution is -2.30. The Morgan fingerprint density at radius 2 is 2.05 bits per heavy atom. The van der Waals surface area contributed by atoms with Gasteiger partial charge in [0.05, 0.1) is 11.4 Å². The van der Waals surface area contributed by atoms with Crippen molar-refractivity contribution in [3.05, 3.63) is 46.0 Å². The van der Waals surface area contributed by atoms with Gasteiger partial charge in [-0.25, -0.2) is 0 Å². The molecule has 0 N–H and O–H groups in total.